The van der Waals surface area contributed by atoms with Crippen molar-refractivity contribution in [1.82, 2.24) is 0 Å². The van der Waals surface area contributed by atoms with Crippen LogP contribution in [0, 0.1) is 5.82 Å². The Morgan fingerprint density at radius 2 is 1.90 bits per heavy atom. The second kappa shape index (κ2) is 7.12. The van der Waals surface area contributed by atoms with Crippen LogP contribution in [0.4, 0.5) is 4.39 Å². The van der Waals surface area contributed by atoms with Crippen molar-refractivity contribution in [2.45, 2.75) is 25.8 Å². The van der Waals surface area contributed by atoms with Gasteiger partial charge in [-0.05, 0) is 42.7 Å². The molecule has 5 heteroatoms. The topological polar surface area (TPSA) is 35.2 Å². The van der Waals surface area contributed by atoms with Crippen molar-refractivity contribution in [2.24, 2.45) is 5.73 Å². The molecule has 21 heavy (non-hydrogen) atoms. The molecule has 2 N–H and O–H groups in total. The highest BCUT2D eigenvalue weighted by molar-refractivity contribution is 6.32. The Balaban J connectivity index is 2.15. The maximum Gasteiger partial charge on any atom is 0.146 e. The molecule has 0 fully saturated rings. The molecule has 0 saturated heterocycles. The lowest BCUT2D eigenvalue weighted by Crippen LogP contribution is -2.21. The molecule has 0 radical (unpaired) electrons. The van der Waals surface area contributed by atoms with E-state index in [9.17, 15) is 4.39 Å². The lowest BCUT2D eigenvalue weighted by Gasteiger charge is -2.12. The molecule has 0 spiro atoms. The highest BCUT2D eigenvalue weighted by atomic mass is 35.5. The molecule has 2 aromatic rings. The summed E-state index contributed by atoms with van der Waals surface area (Å²) in [5.74, 6) is 0.278. The fourth-order valence-corrected chi connectivity index (χ4v) is 2.23. The first kappa shape index (κ1) is 16.1. The van der Waals surface area contributed by atoms with E-state index in [2.05, 4.69) is 0 Å². The first-order valence-electron chi connectivity index (χ1n) is 6.66. The standard InChI is InChI=1S/C16H16Cl2FNO/c1-2-11(20)7-10-3-6-16(14(18)8-10)21-12-4-5-13(17)15(19)9-12/h3-6,8-9,11H,2,7,20H2,1H3. The second-order valence-corrected chi connectivity index (χ2v) is 5.63. The molecule has 0 bridgehead atoms. The van der Waals surface area contributed by atoms with E-state index in [4.69, 9.17) is 33.7 Å². The minimum atomic E-state index is -0.532. The molecular formula is C16H16Cl2FNO. The maximum atomic E-state index is 13.4. The minimum Gasteiger partial charge on any atom is -0.456 e. The third kappa shape index (κ3) is 4.34. The molecule has 2 nitrogen and oxygen atoms in total. The minimum absolute atomic E-state index is 0.0531. The van der Waals surface area contributed by atoms with Crippen molar-refractivity contribution in [3.05, 3.63) is 57.8 Å². The van der Waals surface area contributed by atoms with E-state index < -0.39 is 5.82 Å². The Morgan fingerprint density at radius 1 is 1.14 bits per heavy atom. The van der Waals surface area contributed by atoms with Gasteiger partial charge in [0.15, 0.2) is 0 Å². The Bertz CT molecular complexity index is 634. The molecule has 0 aliphatic rings. The normalized spacial score (nSPS) is 12.2. The van der Waals surface area contributed by atoms with Gasteiger partial charge in [0.25, 0.3) is 0 Å². The molecule has 0 aliphatic carbocycles. The average molecular weight is 328 g/mol. The van der Waals surface area contributed by atoms with Crippen molar-refractivity contribution in [3.8, 4) is 11.5 Å². The van der Waals surface area contributed by atoms with Crippen LogP contribution in [0.3, 0.4) is 0 Å². The van der Waals surface area contributed by atoms with Crippen molar-refractivity contribution in [1.29, 1.82) is 0 Å². The Kier molecular flexibility index (Phi) is 5.45. The van der Waals surface area contributed by atoms with Crippen LogP contribution in [-0.2, 0) is 6.42 Å². The zero-order valence-corrected chi connectivity index (χ0v) is 13.1. The first-order valence-corrected chi connectivity index (χ1v) is 7.42. The average Bonchev–Trinajstić information content (AvgIpc) is 2.45. The van der Waals surface area contributed by atoms with Crippen molar-refractivity contribution < 1.29 is 9.13 Å². The largest absolute Gasteiger partial charge is 0.456 e. The van der Waals surface area contributed by atoms with E-state index in [1.807, 2.05) is 19.1 Å². The Morgan fingerprint density at radius 3 is 2.52 bits per heavy atom. The number of benzene rings is 2. The number of ether oxygens (including phenoxy) is 1. The predicted octanol–water partition coefficient (Wildman–Crippen LogP) is 5.20. The molecule has 0 amide bonds. The van der Waals surface area contributed by atoms with Crippen LogP contribution in [0.5, 0.6) is 11.5 Å². The van der Waals surface area contributed by atoms with Crippen LogP contribution in [-0.4, -0.2) is 6.04 Å². The Hall–Kier alpha value is -1.29. The lowest BCUT2D eigenvalue weighted by atomic mass is 10.0. The van der Waals surface area contributed by atoms with Crippen LogP contribution in [0.2, 0.25) is 10.0 Å². The summed E-state index contributed by atoms with van der Waals surface area (Å²) < 4.78 is 18.9. The molecule has 2 rings (SSSR count). The van der Waals surface area contributed by atoms with Gasteiger partial charge in [0, 0.05) is 12.1 Å². The van der Waals surface area contributed by atoms with E-state index in [1.165, 1.54) is 12.1 Å². The summed E-state index contributed by atoms with van der Waals surface area (Å²) in [6.07, 6.45) is 1.66. The molecule has 0 heterocycles. The monoisotopic (exact) mass is 327 g/mol. The Labute approximate surface area is 133 Å². The maximum absolute atomic E-state index is 13.4. The summed E-state index contributed by atoms with van der Waals surface area (Å²) in [5, 5.41) is 0.517. The smallest absolute Gasteiger partial charge is 0.146 e. The summed E-state index contributed by atoms with van der Waals surface area (Å²) >= 11 is 11.8. The van der Waals surface area contributed by atoms with Gasteiger partial charge >= 0.3 is 0 Å². The number of nitrogens with two attached hydrogens (primary N) is 1. The van der Waals surface area contributed by atoms with E-state index in [-0.39, 0.29) is 11.1 Å². The molecule has 2 aromatic carbocycles. The van der Waals surface area contributed by atoms with Gasteiger partial charge in [-0.2, -0.15) is 0 Å². The van der Waals surface area contributed by atoms with Crippen LogP contribution in [0.1, 0.15) is 18.9 Å². The van der Waals surface area contributed by atoms with Gasteiger partial charge in [0.2, 0.25) is 0 Å². The van der Waals surface area contributed by atoms with Gasteiger partial charge in [-0.3, -0.25) is 0 Å². The SMILES string of the molecule is CCC(N)Cc1ccc(Oc2ccc(Cl)c(F)c2)c(Cl)c1. The van der Waals surface area contributed by atoms with Crippen molar-refractivity contribution in [2.75, 3.05) is 0 Å². The van der Waals surface area contributed by atoms with Gasteiger partial charge in [0.05, 0.1) is 10.0 Å². The third-order valence-corrected chi connectivity index (χ3v) is 3.74. The van der Waals surface area contributed by atoms with E-state index in [0.29, 0.717) is 16.5 Å². The molecule has 1 atom stereocenters. The summed E-state index contributed by atoms with van der Waals surface area (Å²) in [7, 11) is 0. The summed E-state index contributed by atoms with van der Waals surface area (Å²) in [4.78, 5) is 0. The summed E-state index contributed by atoms with van der Waals surface area (Å²) in [6.45, 7) is 2.04. The molecule has 1 unspecified atom stereocenters. The predicted molar refractivity (Wildman–Crippen MR) is 84.9 cm³/mol. The number of hydrogen-bond donors (Lipinski definition) is 1. The van der Waals surface area contributed by atoms with E-state index in [0.717, 1.165) is 18.4 Å². The van der Waals surface area contributed by atoms with Crippen LogP contribution in [0.25, 0.3) is 0 Å². The molecular weight excluding hydrogens is 312 g/mol. The van der Waals surface area contributed by atoms with Crippen LogP contribution in [0.15, 0.2) is 36.4 Å². The molecule has 0 saturated carbocycles. The van der Waals surface area contributed by atoms with Crippen molar-refractivity contribution in [3.63, 3.8) is 0 Å². The zero-order valence-electron chi connectivity index (χ0n) is 11.6. The second-order valence-electron chi connectivity index (χ2n) is 4.82. The highest BCUT2D eigenvalue weighted by Crippen LogP contribution is 2.31. The van der Waals surface area contributed by atoms with Crippen LogP contribution < -0.4 is 10.5 Å². The van der Waals surface area contributed by atoms with E-state index in [1.54, 1.807) is 12.1 Å². The van der Waals surface area contributed by atoms with Gasteiger partial charge in [-0.25, -0.2) is 4.39 Å². The molecule has 112 valence electrons. The summed E-state index contributed by atoms with van der Waals surface area (Å²) in [5.41, 5.74) is 6.96. The lowest BCUT2D eigenvalue weighted by molar-refractivity contribution is 0.476. The molecule has 0 aromatic heterocycles. The fourth-order valence-electron chi connectivity index (χ4n) is 1.87. The molecule has 0 aliphatic heterocycles. The highest BCUT2D eigenvalue weighted by Gasteiger charge is 2.08. The number of rotatable bonds is 5. The van der Waals surface area contributed by atoms with E-state index >= 15 is 0 Å². The van der Waals surface area contributed by atoms with Crippen LogP contribution >= 0.6 is 23.2 Å². The van der Waals surface area contributed by atoms with Crippen molar-refractivity contribution >= 4 is 23.2 Å². The number of hydrogen-bond acceptors (Lipinski definition) is 2. The van der Waals surface area contributed by atoms with Gasteiger partial charge in [0.1, 0.15) is 17.3 Å². The first-order chi connectivity index (χ1) is 9.99. The van der Waals surface area contributed by atoms with Gasteiger partial charge in [-0.1, -0.05) is 36.2 Å². The zero-order chi connectivity index (χ0) is 15.4. The fraction of sp³-hybridized carbons (Fsp3) is 0.250. The summed E-state index contributed by atoms with van der Waals surface area (Å²) in [6, 6.07) is 9.84. The van der Waals surface area contributed by atoms with Gasteiger partial charge in [-0.15, -0.1) is 0 Å². The number of halogens is 3. The van der Waals surface area contributed by atoms with Gasteiger partial charge < -0.3 is 10.5 Å². The quantitative estimate of drug-likeness (QED) is 0.818. The third-order valence-electron chi connectivity index (χ3n) is 3.14.